The van der Waals surface area contributed by atoms with Gasteiger partial charge in [-0.15, -0.1) is 10.2 Å². The van der Waals surface area contributed by atoms with Gasteiger partial charge in [0.25, 0.3) is 0 Å². The van der Waals surface area contributed by atoms with E-state index in [4.69, 9.17) is 23.2 Å². The Balaban J connectivity index is 1.31. The number of carbonyl (C=O) groups is 1. The van der Waals surface area contributed by atoms with Crippen LogP contribution in [0.3, 0.4) is 0 Å². The first-order chi connectivity index (χ1) is 15.5. The number of rotatable bonds is 7. The maximum atomic E-state index is 13.0. The number of amides is 1. The van der Waals surface area contributed by atoms with E-state index in [2.05, 4.69) is 37.8 Å². The molecule has 0 spiro atoms. The lowest BCUT2D eigenvalue weighted by atomic mass is 10.0. The van der Waals surface area contributed by atoms with E-state index in [1.165, 1.54) is 10.4 Å². The van der Waals surface area contributed by atoms with Crippen LogP contribution in [0.5, 0.6) is 0 Å². The van der Waals surface area contributed by atoms with Crippen LogP contribution in [0.15, 0.2) is 48.5 Å². The monoisotopic (exact) mass is 472 g/mol. The molecular weight excluding hydrogens is 447 g/mol. The Labute approximate surface area is 197 Å². The quantitative estimate of drug-likeness (QED) is 0.551. The van der Waals surface area contributed by atoms with Crippen molar-refractivity contribution in [1.29, 1.82) is 0 Å². The number of tetrazole rings is 1. The summed E-state index contributed by atoms with van der Waals surface area (Å²) in [7, 11) is 0. The fourth-order valence-electron chi connectivity index (χ4n) is 3.91. The van der Waals surface area contributed by atoms with Crippen LogP contribution in [0.2, 0.25) is 10.0 Å². The van der Waals surface area contributed by atoms with Crippen LogP contribution in [0.25, 0.3) is 11.4 Å². The van der Waals surface area contributed by atoms with Crippen molar-refractivity contribution in [3.63, 3.8) is 0 Å². The summed E-state index contributed by atoms with van der Waals surface area (Å²) in [5.41, 5.74) is 2.06. The molecule has 0 bridgehead atoms. The number of nitrogens with zero attached hydrogens (tertiary/aromatic N) is 5. The highest BCUT2D eigenvalue weighted by Crippen LogP contribution is 2.20. The van der Waals surface area contributed by atoms with Gasteiger partial charge in [-0.1, -0.05) is 42.3 Å². The van der Waals surface area contributed by atoms with E-state index in [9.17, 15) is 4.79 Å². The van der Waals surface area contributed by atoms with E-state index < -0.39 is 6.04 Å². The fraction of sp³-hybridized carbons (Fsp3) is 0.391. The molecule has 0 radical (unpaired) electrons. The first-order valence-corrected chi connectivity index (χ1v) is 11.6. The second-order valence-electron chi connectivity index (χ2n) is 8.05. The molecule has 4 rings (SSSR count). The number of hydrogen-bond donors (Lipinski definition) is 1. The average molecular weight is 473 g/mol. The summed E-state index contributed by atoms with van der Waals surface area (Å²) < 4.78 is 0. The summed E-state index contributed by atoms with van der Waals surface area (Å²) in [6, 6.07) is 14.9. The van der Waals surface area contributed by atoms with Crippen molar-refractivity contribution in [3.8, 4) is 11.4 Å². The minimum Gasteiger partial charge on any atom is -0.351 e. The maximum Gasteiger partial charge on any atom is 0.247 e. The van der Waals surface area contributed by atoms with Crippen molar-refractivity contribution in [2.24, 2.45) is 0 Å². The van der Waals surface area contributed by atoms with E-state index in [1.54, 1.807) is 12.1 Å². The molecule has 1 atom stereocenters. The van der Waals surface area contributed by atoms with Crippen LogP contribution < -0.4 is 5.32 Å². The smallest absolute Gasteiger partial charge is 0.247 e. The zero-order valence-electron chi connectivity index (χ0n) is 17.9. The topological polar surface area (TPSA) is 75.9 Å². The molecule has 9 heteroatoms. The third-order valence-electron chi connectivity index (χ3n) is 5.75. The number of halogens is 2. The van der Waals surface area contributed by atoms with E-state index >= 15 is 0 Å². The van der Waals surface area contributed by atoms with Gasteiger partial charge in [0.2, 0.25) is 11.7 Å². The molecule has 1 saturated heterocycles. The van der Waals surface area contributed by atoms with Gasteiger partial charge in [0.1, 0.15) is 0 Å². The normalized spacial score (nSPS) is 16.1. The lowest BCUT2D eigenvalue weighted by Crippen LogP contribution is -2.46. The number of piperidine rings is 1. The molecule has 1 aliphatic heterocycles. The summed E-state index contributed by atoms with van der Waals surface area (Å²) in [5.74, 6) is 0.409. The van der Waals surface area contributed by atoms with Crippen LogP contribution in [0.4, 0.5) is 0 Å². The molecule has 1 fully saturated rings. The van der Waals surface area contributed by atoms with E-state index in [0.717, 1.165) is 43.1 Å². The van der Waals surface area contributed by atoms with Gasteiger partial charge in [-0.25, -0.2) is 0 Å². The maximum absolute atomic E-state index is 13.0. The number of nitrogens with one attached hydrogen (secondary N) is 1. The highest BCUT2D eigenvalue weighted by atomic mass is 35.5. The fourth-order valence-corrected chi connectivity index (χ4v) is 4.16. The molecule has 2 aromatic carbocycles. The Morgan fingerprint density at radius 3 is 2.31 bits per heavy atom. The Morgan fingerprint density at radius 2 is 1.69 bits per heavy atom. The average Bonchev–Trinajstić information content (AvgIpc) is 3.27. The molecular formula is C23H26Cl2N6O. The molecule has 1 amide bonds. The van der Waals surface area contributed by atoms with Crippen molar-refractivity contribution < 1.29 is 4.79 Å². The lowest BCUT2D eigenvalue weighted by molar-refractivity contribution is -0.126. The molecule has 0 aliphatic carbocycles. The van der Waals surface area contributed by atoms with Crippen molar-refractivity contribution in [2.45, 2.75) is 44.8 Å². The van der Waals surface area contributed by atoms with Crippen molar-refractivity contribution in [3.05, 3.63) is 64.1 Å². The van der Waals surface area contributed by atoms with Crippen LogP contribution in [0, 0.1) is 0 Å². The van der Waals surface area contributed by atoms with Crippen molar-refractivity contribution in [1.82, 2.24) is 30.4 Å². The van der Waals surface area contributed by atoms with Crippen LogP contribution >= 0.6 is 23.2 Å². The second-order valence-corrected chi connectivity index (χ2v) is 8.92. The zero-order valence-corrected chi connectivity index (χ0v) is 19.4. The predicted octanol–water partition coefficient (Wildman–Crippen LogP) is 4.38. The molecule has 168 valence electrons. The van der Waals surface area contributed by atoms with Crippen LogP contribution in [-0.2, 0) is 11.3 Å². The van der Waals surface area contributed by atoms with Crippen LogP contribution in [-0.4, -0.2) is 50.1 Å². The van der Waals surface area contributed by atoms with Gasteiger partial charge in [0.05, 0.1) is 0 Å². The van der Waals surface area contributed by atoms with Gasteiger partial charge in [-0.05, 0) is 66.4 Å². The lowest BCUT2D eigenvalue weighted by Gasteiger charge is -2.33. The Hall–Kier alpha value is -2.48. The van der Waals surface area contributed by atoms with Gasteiger partial charge in [0.15, 0.2) is 6.04 Å². The van der Waals surface area contributed by atoms with Gasteiger partial charge in [-0.2, -0.15) is 4.80 Å². The molecule has 0 saturated carbocycles. The molecule has 1 N–H and O–H groups in total. The Morgan fingerprint density at radius 1 is 1.06 bits per heavy atom. The summed E-state index contributed by atoms with van der Waals surface area (Å²) in [6.45, 7) is 4.72. The standard InChI is InChI=1S/C23H26Cl2N6O/c1-2-21(31-28-22(27-29-31)17-5-9-19(25)10-6-17)23(32)26-20-11-13-30(14-12-20)15-16-3-7-18(24)8-4-16/h3-10,20-21H,2,11-15H2,1H3,(H,26,32). The molecule has 1 aromatic heterocycles. The van der Waals surface area contributed by atoms with Crippen LogP contribution in [0.1, 0.15) is 37.8 Å². The number of benzene rings is 2. The number of likely N-dealkylation sites (tertiary alicyclic amines) is 1. The number of aromatic nitrogens is 4. The van der Waals surface area contributed by atoms with Gasteiger partial charge >= 0.3 is 0 Å². The molecule has 32 heavy (non-hydrogen) atoms. The molecule has 7 nitrogen and oxygen atoms in total. The van der Waals surface area contributed by atoms with Gasteiger partial charge < -0.3 is 5.32 Å². The molecule has 3 aromatic rings. The van der Waals surface area contributed by atoms with E-state index in [1.807, 2.05) is 31.2 Å². The minimum absolute atomic E-state index is 0.0660. The van der Waals surface area contributed by atoms with Gasteiger partial charge in [-0.3, -0.25) is 9.69 Å². The third-order valence-corrected chi connectivity index (χ3v) is 6.26. The highest BCUT2D eigenvalue weighted by molar-refractivity contribution is 6.30. The summed E-state index contributed by atoms with van der Waals surface area (Å²) in [4.78, 5) is 16.8. The predicted molar refractivity (Wildman–Crippen MR) is 125 cm³/mol. The Bertz CT molecular complexity index is 1030. The molecule has 1 unspecified atom stereocenters. The molecule has 2 heterocycles. The number of hydrogen-bond acceptors (Lipinski definition) is 5. The molecule has 1 aliphatic rings. The largest absolute Gasteiger partial charge is 0.351 e. The summed E-state index contributed by atoms with van der Waals surface area (Å²) in [6.07, 6.45) is 2.41. The summed E-state index contributed by atoms with van der Waals surface area (Å²) >= 11 is 11.9. The first-order valence-electron chi connectivity index (χ1n) is 10.8. The van der Waals surface area contributed by atoms with E-state index in [-0.39, 0.29) is 11.9 Å². The van der Waals surface area contributed by atoms with Crippen molar-refractivity contribution >= 4 is 29.1 Å². The Kier molecular flexibility index (Phi) is 7.40. The van der Waals surface area contributed by atoms with Gasteiger partial charge in [0, 0.05) is 41.3 Å². The number of carbonyl (C=O) groups excluding carboxylic acids is 1. The first kappa shape index (κ1) is 22.7. The van der Waals surface area contributed by atoms with Crippen molar-refractivity contribution in [2.75, 3.05) is 13.1 Å². The minimum atomic E-state index is -0.490. The second kappa shape index (κ2) is 10.4. The van der Waals surface area contributed by atoms with E-state index in [0.29, 0.717) is 17.3 Å². The SMILES string of the molecule is CCC(C(=O)NC1CCN(Cc2ccc(Cl)cc2)CC1)n1nnc(-c2ccc(Cl)cc2)n1. The summed E-state index contributed by atoms with van der Waals surface area (Å²) in [5, 5.41) is 17.3. The highest BCUT2D eigenvalue weighted by Gasteiger charge is 2.26. The zero-order chi connectivity index (χ0) is 22.5. The third kappa shape index (κ3) is 5.65.